The minimum Gasteiger partial charge on any atom is -0.438 e. The van der Waals surface area contributed by atoms with Gasteiger partial charge in [-0.3, -0.25) is 0 Å². The minimum absolute atomic E-state index is 0.302. The van der Waals surface area contributed by atoms with Gasteiger partial charge in [0.25, 0.3) is 0 Å². The van der Waals surface area contributed by atoms with Crippen LogP contribution in [0.5, 0.6) is 11.6 Å². The molecule has 2 heterocycles. The van der Waals surface area contributed by atoms with Crippen molar-refractivity contribution in [3.8, 4) is 11.6 Å². The number of rotatable bonds is 2. The molecule has 0 atom stereocenters. The van der Waals surface area contributed by atoms with Crippen molar-refractivity contribution < 1.29 is 4.74 Å². The SMILES string of the molecule is Nc1ccc(Oc2ccc3n[nH]c(=O)n3n2)cc1. The van der Waals surface area contributed by atoms with Gasteiger partial charge in [-0.1, -0.05) is 0 Å². The molecule has 0 amide bonds. The highest BCUT2D eigenvalue weighted by atomic mass is 16.5. The van der Waals surface area contributed by atoms with Gasteiger partial charge in [0.05, 0.1) is 0 Å². The first-order valence-electron chi connectivity index (χ1n) is 5.20. The maximum Gasteiger partial charge on any atom is 0.364 e. The summed E-state index contributed by atoms with van der Waals surface area (Å²) in [6.07, 6.45) is 0. The third-order valence-corrected chi connectivity index (χ3v) is 2.35. The summed E-state index contributed by atoms with van der Waals surface area (Å²) >= 11 is 0. The van der Waals surface area contributed by atoms with Gasteiger partial charge in [-0.05, 0) is 30.3 Å². The predicted molar refractivity (Wildman–Crippen MR) is 64.5 cm³/mol. The van der Waals surface area contributed by atoms with E-state index in [-0.39, 0.29) is 0 Å². The zero-order valence-electron chi connectivity index (χ0n) is 9.20. The summed E-state index contributed by atoms with van der Waals surface area (Å²) in [5.41, 5.74) is 6.25. The molecule has 7 heteroatoms. The van der Waals surface area contributed by atoms with E-state index in [1.165, 1.54) is 0 Å². The summed E-state index contributed by atoms with van der Waals surface area (Å²) in [5, 5.41) is 10.1. The second-order valence-electron chi connectivity index (χ2n) is 3.64. The molecule has 0 spiro atoms. The van der Waals surface area contributed by atoms with E-state index in [4.69, 9.17) is 10.5 Å². The van der Waals surface area contributed by atoms with E-state index in [9.17, 15) is 4.79 Å². The number of hydrogen-bond acceptors (Lipinski definition) is 5. The maximum absolute atomic E-state index is 11.3. The average Bonchev–Trinajstić information content (AvgIpc) is 2.74. The Bertz CT molecular complexity index is 744. The summed E-state index contributed by atoms with van der Waals surface area (Å²) in [6.45, 7) is 0. The number of fused-ring (bicyclic) bond motifs is 1. The van der Waals surface area contributed by atoms with Crippen molar-refractivity contribution in [2.75, 3.05) is 5.73 Å². The normalized spacial score (nSPS) is 10.7. The van der Waals surface area contributed by atoms with E-state index in [2.05, 4.69) is 15.3 Å². The monoisotopic (exact) mass is 243 g/mol. The van der Waals surface area contributed by atoms with Crippen molar-refractivity contribution in [2.45, 2.75) is 0 Å². The standard InChI is InChI=1S/C11H9N5O2/c12-7-1-3-8(4-2-7)18-10-6-5-9-13-14-11(17)16(9)15-10/h1-6H,12H2,(H,14,17). The summed E-state index contributed by atoms with van der Waals surface area (Å²) in [7, 11) is 0. The molecule has 1 aromatic carbocycles. The quantitative estimate of drug-likeness (QED) is 0.648. The van der Waals surface area contributed by atoms with Crippen LogP contribution in [0.1, 0.15) is 0 Å². The Kier molecular flexibility index (Phi) is 2.23. The molecule has 0 bridgehead atoms. The van der Waals surface area contributed by atoms with Gasteiger partial charge in [0.15, 0.2) is 5.65 Å². The van der Waals surface area contributed by atoms with Gasteiger partial charge < -0.3 is 10.5 Å². The molecule has 0 unspecified atom stereocenters. The van der Waals surface area contributed by atoms with Crippen LogP contribution in [-0.4, -0.2) is 19.8 Å². The zero-order valence-corrected chi connectivity index (χ0v) is 9.20. The fourth-order valence-corrected chi connectivity index (χ4v) is 1.50. The Morgan fingerprint density at radius 2 is 1.94 bits per heavy atom. The number of anilines is 1. The summed E-state index contributed by atoms with van der Waals surface area (Å²) in [4.78, 5) is 11.3. The van der Waals surface area contributed by atoms with E-state index in [1.54, 1.807) is 36.4 Å². The summed E-state index contributed by atoms with van der Waals surface area (Å²) in [5.74, 6) is 0.892. The lowest BCUT2D eigenvalue weighted by Gasteiger charge is -2.04. The molecule has 0 saturated heterocycles. The maximum atomic E-state index is 11.3. The molecule has 90 valence electrons. The number of aromatic nitrogens is 4. The third-order valence-electron chi connectivity index (χ3n) is 2.35. The lowest BCUT2D eigenvalue weighted by atomic mass is 10.3. The molecule has 0 aliphatic carbocycles. The van der Waals surface area contributed by atoms with Crippen LogP contribution in [0.4, 0.5) is 5.69 Å². The molecule has 0 fully saturated rings. The Morgan fingerprint density at radius 3 is 2.72 bits per heavy atom. The largest absolute Gasteiger partial charge is 0.438 e. The fourth-order valence-electron chi connectivity index (χ4n) is 1.50. The first-order valence-corrected chi connectivity index (χ1v) is 5.20. The van der Waals surface area contributed by atoms with Gasteiger partial charge in [0.2, 0.25) is 5.88 Å². The van der Waals surface area contributed by atoms with E-state index in [1.807, 2.05) is 0 Å². The Labute approximate surface area is 101 Å². The second-order valence-corrected chi connectivity index (χ2v) is 3.64. The number of hydrogen-bond donors (Lipinski definition) is 2. The lowest BCUT2D eigenvalue weighted by Crippen LogP contribution is -2.12. The number of aromatic amines is 1. The van der Waals surface area contributed by atoms with E-state index >= 15 is 0 Å². The van der Waals surface area contributed by atoms with Crippen LogP contribution in [-0.2, 0) is 0 Å². The van der Waals surface area contributed by atoms with E-state index in [0.717, 1.165) is 4.52 Å². The van der Waals surface area contributed by atoms with Crippen LogP contribution in [0, 0.1) is 0 Å². The van der Waals surface area contributed by atoms with Crippen molar-refractivity contribution in [3.05, 3.63) is 46.9 Å². The minimum atomic E-state index is -0.409. The van der Waals surface area contributed by atoms with Crippen molar-refractivity contribution in [3.63, 3.8) is 0 Å². The zero-order chi connectivity index (χ0) is 12.5. The van der Waals surface area contributed by atoms with Crippen LogP contribution in [0.15, 0.2) is 41.2 Å². The van der Waals surface area contributed by atoms with Gasteiger partial charge in [-0.15, -0.1) is 5.10 Å². The smallest absolute Gasteiger partial charge is 0.364 e. The number of nitrogen functional groups attached to an aromatic ring is 1. The molecule has 0 aliphatic heterocycles. The van der Waals surface area contributed by atoms with Crippen molar-refractivity contribution in [1.29, 1.82) is 0 Å². The first-order chi connectivity index (χ1) is 8.72. The molecular formula is C11H9N5O2. The van der Waals surface area contributed by atoms with Crippen LogP contribution < -0.4 is 16.2 Å². The molecule has 18 heavy (non-hydrogen) atoms. The Balaban J connectivity index is 1.97. The number of nitrogens with zero attached hydrogens (tertiary/aromatic N) is 3. The average molecular weight is 243 g/mol. The summed E-state index contributed by atoms with van der Waals surface area (Å²) in [6, 6.07) is 10.2. The van der Waals surface area contributed by atoms with Crippen molar-refractivity contribution in [2.24, 2.45) is 0 Å². The Morgan fingerprint density at radius 1 is 1.17 bits per heavy atom. The predicted octanol–water partition coefficient (Wildman–Crippen LogP) is 0.792. The first kappa shape index (κ1) is 10.3. The number of benzene rings is 1. The van der Waals surface area contributed by atoms with Crippen molar-refractivity contribution >= 4 is 11.3 Å². The van der Waals surface area contributed by atoms with E-state index < -0.39 is 5.69 Å². The number of nitrogens with one attached hydrogen (secondary N) is 1. The van der Waals surface area contributed by atoms with Crippen molar-refractivity contribution in [1.82, 2.24) is 19.8 Å². The van der Waals surface area contributed by atoms with Crippen LogP contribution in [0.3, 0.4) is 0 Å². The summed E-state index contributed by atoms with van der Waals surface area (Å²) < 4.78 is 6.63. The molecule has 3 rings (SSSR count). The Hall–Kier alpha value is -2.83. The highest BCUT2D eigenvalue weighted by molar-refractivity contribution is 5.43. The van der Waals surface area contributed by atoms with Crippen LogP contribution >= 0.6 is 0 Å². The molecule has 0 radical (unpaired) electrons. The molecule has 0 saturated carbocycles. The van der Waals surface area contributed by atoms with Crippen LogP contribution in [0.25, 0.3) is 5.65 Å². The third kappa shape index (κ3) is 1.77. The lowest BCUT2D eigenvalue weighted by molar-refractivity contribution is 0.451. The molecule has 7 nitrogen and oxygen atoms in total. The number of H-pyrrole nitrogens is 1. The molecular weight excluding hydrogens is 234 g/mol. The molecule has 0 aliphatic rings. The topological polar surface area (TPSA) is 98.3 Å². The molecule has 2 aromatic heterocycles. The second kappa shape index (κ2) is 3.88. The van der Waals surface area contributed by atoms with Gasteiger partial charge in [-0.25, -0.2) is 9.89 Å². The van der Waals surface area contributed by atoms with Gasteiger partial charge in [-0.2, -0.15) is 9.61 Å². The highest BCUT2D eigenvalue weighted by Crippen LogP contribution is 2.19. The molecule has 3 N–H and O–H groups in total. The fraction of sp³-hybridized carbons (Fsp3) is 0. The van der Waals surface area contributed by atoms with Gasteiger partial charge in [0.1, 0.15) is 5.75 Å². The number of ether oxygens (including phenoxy) is 1. The van der Waals surface area contributed by atoms with Crippen LogP contribution in [0.2, 0.25) is 0 Å². The highest BCUT2D eigenvalue weighted by Gasteiger charge is 2.04. The van der Waals surface area contributed by atoms with Gasteiger partial charge in [0, 0.05) is 11.8 Å². The van der Waals surface area contributed by atoms with E-state index in [0.29, 0.717) is 23.0 Å². The molecule has 3 aromatic rings. The number of nitrogens with two attached hydrogens (primary N) is 1. The van der Waals surface area contributed by atoms with Gasteiger partial charge >= 0.3 is 5.69 Å².